The molecule has 0 amide bonds. The normalized spacial score (nSPS) is 16.9. The number of H-pyrrole nitrogens is 1. The molecule has 1 aromatic heterocycles. The van der Waals surface area contributed by atoms with Crippen molar-refractivity contribution >= 4 is 43.9 Å². The van der Waals surface area contributed by atoms with Crippen LogP contribution in [0.3, 0.4) is 0 Å². The van der Waals surface area contributed by atoms with Crippen molar-refractivity contribution in [3.05, 3.63) is 72.1 Å². The van der Waals surface area contributed by atoms with E-state index in [0.29, 0.717) is 19.0 Å². The Hall–Kier alpha value is -2.24. The predicted octanol–water partition coefficient (Wildman–Crippen LogP) is 2.76. The molecule has 1 atom stereocenters. The number of nitrogens with one attached hydrogen (secondary N) is 1. The Morgan fingerprint density at radius 2 is 1.94 bits per heavy atom. The Morgan fingerprint density at radius 1 is 1.20 bits per heavy atom. The van der Waals surface area contributed by atoms with Gasteiger partial charge in [0.1, 0.15) is 5.82 Å². The molecule has 2 aromatic carbocycles. The highest BCUT2D eigenvalue weighted by atomic mass is 35.5. The zero-order valence-electron chi connectivity index (χ0n) is 19.0. The molecule has 0 spiro atoms. The molecule has 188 valence electrons. The summed E-state index contributed by atoms with van der Waals surface area (Å²) in [7, 11) is -3.65. The number of benzene rings is 2. The molecule has 0 aliphatic carbocycles. The standard InChI is InChI=1S/C23H25Cl2FN4O4S/c1-2-35(33,34)19-4-3-15(24)7-14(19)11-30-22(31)16-8-18(26)17(20(25)21(16)28-23(30)32)12-29-6-5-13(9-27)10-29/h3-4,7-8,13H,2,5-6,9-12,27H2,1H3,(H,28,32)/t13-/m0/s1. The van der Waals surface area contributed by atoms with E-state index in [1.807, 2.05) is 4.90 Å². The van der Waals surface area contributed by atoms with Crippen LogP contribution in [0.2, 0.25) is 10.0 Å². The first-order valence-electron chi connectivity index (χ1n) is 11.1. The van der Waals surface area contributed by atoms with Crippen LogP contribution in [0.5, 0.6) is 0 Å². The van der Waals surface area contributed by atoms with Gasteiger partial charge in [0.2, 0.25) is 0 Å². The molecular weight excluding hydrogens is 518 g/mol. The van der Waals surface area contributed by atoms with Crippen molar-refractivity contribution in [1.29, 1.82) is 0 Å². The average molecular weight is 543 g/mol. The minimum absolute atomic E-state index is 0.0308. The molecule has 3 N–H and O–H groups in total. The van der Waals surface area contributed by atoms with Crippen molar-refractivity contribution in [3.63, 3.8) is 0 Å². The van der Waals surface area contributed by atoms with Crippen LogP contribution in [0, 0.1) is 11.7 Å². The highest BCUT2D eigenvalue weighted by molar-refractivity contribution is 7.91. The van der Waals surface area contributed by atoms with Crippen LogP contribution in [0.25, 0.3) is 10.9 Å². The van der Waals surface area contributed by atoms with Gasteiger partial charge in [0.05, 0.1) is 33.1 Å². The molecule has 2 heterocycles. The van der Waals surface area contributed by atoms with E-state index in [1.165, 1.54) is 25.1 Å². The summed E-state index contributed by atoms with van der Waals surface area (Å²) in [5.41, 5.74) is 4.55. The summed E-state index contributed by atoms with van der Waals surface area (Å²) in [6.45, 7) is 3.35. The second-order valence-electron chi connectivity index (χ2n) is 8.68. The lowest BCUT2D eigenvalue weighted by molar-refractivity contribution is 0.313. The van der Waals surface area contributed by atoms with Crippen LogP contribution in [0.15, 0.2) is 38.8 Å². The summed E-state index contributed by atoms with van der Waals surface area (Å²) in [6, 6.07) is 5.21. The number of aromatic nitrogens is 2. The van der Waals surface area contributed by atoms with Crippen LogP contribution in [-0.4, -0.2) is 48.3 Å². The van der Waals surface area contributed by atoms with Crippen molar-refractivity contribution in [1.82, 2.24) is 14.5 Å². The van der Waals surface area contributed by atoms with Crippen molar-refractivity contribution in [3.8, 4) is 0 Å². The summed E-state index contributed by atoms with van der Waals surface area (Å²) in [5, 5.41) is 0.103. The molecule has 1 saturated heterocycles. The maximum atomic E-state index is 15.1. The topological polar surface area (TPSA) is 118 Å². The summed E-state index contributed by atoms with van der Waals surface area (Å²) in [6.07, 6.45) is 0.907. The van der Waals surface area contributed by atoms with Gasteiger partial charge < -0.3 is 10.7 Å². The van der Waals surface area contributed by atoms with Gasteiger partial charge in [-0.25, -0.2) is 17.6 Å². The third kappa shape index (κ3) is 5.03. The summed E-state index contributed by atoms with van der Waals surface area (Å²) < 4.78 is 40.9. The highest BCUT2D eigenvalue weighted by Gasteiger charge is 2.25. The van der Waals surface area contributed by atoms with Gasteiger partial charge in [0, 0.05) is 23.7 Å². The number of hydrogen-bond donors (Lipinski definition) is 2. The molecule has 0 unspecified atom stereocenters. The molecule has 3 aromatic rings. The minimum atomic E-state index is -3.65. The largest absolute Gasteiger partial charge is 0.330 e. The van der Waals surface area contributed by atoms with Crippen LogP contribution >= 0.6 is 23.2 Å². The Balaban J connectivity index is 1.79. The number of aromatic amines is 1. The van der Waals surface area contributed by atoms with Crippen LogP contribution in [0.4, 0.5) is 4.39 Å². The highest BCUT2D eigenvalue weighted by Crippen LogP contribution is 2.29. The van der Waals surface area contributed by atoms with E-state index in [2.05, 4.69) is 4.98 Å². The van der Waals surface area contributed by atoms with Crippen molar-refractivity contribution in [2.24, 2.45) is 11.7 Å². The molecule has 0 radical (unpaired) electrons. The lowest BCUT2D eigenvalue weighted by Gasteiger charge is -2.18. The van der Waals surface area contributed by atoms with Gasteiger partial charge in [0.15, 0.2) is 9.84 Å². The lowest BCUT2D eigenvalue weighted by atomic mass is 10.1. The van der Waals surface area contributed by atoms with Crippen molar-refractivity contribution in [2.75, 3.05) is 25.4 Å². The lowest BCUT2D eigenvalue weighted by Crippen LogP contribution is -2.36. The van der Waals surface area contributed by atoms with Gasteiger partial charge in [0.25, 0.3) is 5.56 Å². The molecule has 1 aliphatic rings. The molecule has 0 bridgehead atoms. The van der Waals surface area contributed by atoms with E-state index in [1.54, 1.807) is 0 Å². The van der Waals surface area contributed by atoms with Crippen LogP contribution in [0.1, 0.15) is 24.5 Å². The Kier molecular flexibility index (Phi) is 7.40. The van der Waals surface area contributed by atoms with Crippen LogP contribution in [-0.2, 0) is 22.9 Å². The van der Waals surface area contributed by atoms with E-state index in [9.17, 15) is 18.0 Å². The zero-order valence-corrected chi connectivity index (χ0v) is 21.3. The summed E-state index contributed by atoms with van der Waals surface area (Å²) >= 11 is 12.5. The fourth-order valence-corrected chi connectivity index (χ4v) is 6.03. The van der Waals surface area contributed by atoms with E-state index in [-0.39, 0.29) is 55.8 Å². The first kappa shape index (κ1) is 25.8. The first-order valence-corrected chi connectivity index (χ1v) is 13.5. The SMILES string of the molecule is CCS(=O)(=O)c1ccc(Cl)cc1Cn1c(=O)[nH]c2c(Cl)c(CN3CC[C@@H](CN)C3)c(F)cc2c1=O. The van der Waals surface area contributed by atoms with E-state index < -0.39 is 26.9 Å². The van der Waals surface area contributed by atoms with Gasteiger partial charge in [-0.15, -0.1) is 0 Å². The van der Waals surface area contributed by atoms with Gasteiger partial charge >= 0.3 is 5.69 Å². The second kappa shape index (κ2) is 10.0. The monoisotopic (exact) mass is 542 g/mol. The Bertz CT molecular complexity index is 1520. The second-order valence-corrected chi connectivity index (χ2v) is 11.7. The molecule has 35 heavy (non-hydrogen) atoms. The first-order chi connectivity index (χ1) is 16.6. The molecule has 1 aliphatic heterocycles. The molecular formula is C23H25Cl2FN4O4S. The molecule has 0 saturated carbocycles. The number of hydrogen-bond acceptors (Lipinski definition) is 6. The van der Waals surface area contributed by atoms with Gasteiger partial charge in [-0.1, -0.05) is 30.1 Å². The average Bonchev–Trinajstić information content (AvgIpc) is 3.28. The summed E-state index contributed by atoms with van der Waals surface area (Å²) in [5.74, 6) is -0.499. The fraction of sp³-hybridized carbons (Fsp3) is 0.391. The maximum Gasteiger partial charge on any atom is 0.329 e. The Morgan fingerprint density at radius 3 is 2.60 bits per heavy atom. The van der Waals surface area contributed by atoms with Gasteiger partial charge in [-0.05, 0) is 55.3 Å². The van der Waals surface area contributed by atoms with E-state index in [0.717, 1.165) is 23.6 Å². The third-order valence-corrected chi connectivity index (χ3v) is 8.90. The minimum Gasteiger partial charge on any atom is -0.330 e. The maximum absolute atomic E-state index is 15.1. The molecule has 12 heteroatoms. The van der Waals surface area contributed by atoms with Crippen molar-refractivity contribution in [2.45, 2.75) is 31.3 Å². The molecule has 4 rings (SSSR count). The smallest absolute Gasteiger partial charge is 0.329 e. The van der Waals surface area contributed by atoms with E-state index >= 15 is 4.39 Å². The number of halogens is 3. The molecule has 1 fully saturated rings. The van der Waals surface area contributed by atoms with Gasteiger partial charge in [-0.3, -0.25) is 14.3 Å². The number of nitrogens with zero attached hydrogens (tertiary/aromatic N) is 2. The predicted molar refractivity (Wildman–Crippen MR) is 135 cm³/mol. The number of rotatable bonds is 7. The third-order valence-electron chi connectivity index (χ3n) is 6.42. The number of sulfone groups is 1. The number of fused-ring (bicyclic) bond motifs is 1. The van der Waals surface area contributed by atoms with E-state index in [4.69, 9.17) is 28.9 Å². The number of likely N-dealkylation sites (tertiary alicyclic amines) is 1. The molecule has 8 nitrogen and oxygen atoms in total. The summed E-state index contributed by atoms with van der Waals surface area (Å²) in [4.78, 5) is 30.7. The van der Waals surface area contributed by atoms with Gasteiger partial charge in [-0.2, -0.15) is 0 Å². The van der Waals surface area contributed by atoms with Crippen molar-refractivity contribution < 1.29 is 12.8 Å². The zero-order chi connectivity index (χ0) is 25.5. The number of nitrogens with two attached hydrogens (primary N) is 1. The Labute approximate surface area is 211 Å². The van der Waals surface area contributed by atoms with Crippen LogP contribution < -0.4 is 17.0 Å². The fourth-order valence-electron chi connectivity index (χ4n) is 4.42. The quantitative estimate of drug-likeness (QED) is 0.473.